The molecule has 0 aromatic carbocycles. The van der Waals surface area contributed by atoms with E-state index in [9.17, 15) is 9.90 Å². The summed E-state index contributed by atoms with van der Waals surface area (Å²) in [6, 6.07) is 0. The summed E-state index contributed by atoms with van der Waals surface area (Å²) >= 11 is 0. The molecule has 0 bridgehead atoms. The first-order valence-electron chi connectivity index (χ1n) is 3.93. The van der Waals surface area contributed by atoms with Crippen LogP contribution < -0.4 is 16.2 Å². The Morgan fingerprint density at radius 2 is 1.83 bits per heavy atom. The molecule has 5 heteroatoms. The molecule has 0 saturated carbocycles. The van der Waals surface area contributed by atoms with E-state index in [1.54, 1.807) is 0 Å². The van der Waals surface area contributed by atoms with Crippen LogP contribution in [-0.2, 0) is 22.4 Å². The molecule has 0 spiro atoms. The number of hydrogen-bond acceptors (Lipinski definition) is 2. The van der Waals surface area contributed by atoms with Crippen molar-refractivity contribution < 1.29 is 38.0 Å². The second-order valence-corrected chi connectivity index (χ2v) is 2.07. The fourth-order valence-corrected chi connectivity index (χ4v) is 0.227. The third kappa shape index (κ3) is 32.5. The maximum absolute atomic E-state index is 9.54. The second kappa shape index (κ2) is 17.2. The van der Waals surface area contributed by atoms with Gasteiger partial charge in [0.25, 0.3) is 0 Å². The van der Waals surface area contributed by atoms with Gasteiger partial charge >= 0.3 is 0 Å². The van der Waals surface area contributed by atoms with Gasteiger partial charge in [0.2, 0.25) is 0 Å². The standard InChI is InChI=1S/C4H9NO2.C3H9N.Ag/c1-2-3-5-4(6)7;1-2-3-4;/h5H,2-3H2,1H3,(H,6,7);2-4H2,1H3;. The number of quaternary nitrogens is 1. The van der Waals surface area contributed by atoms with Crippen LogP contribution in [-0.4, -0.2) is 19.2 Å². The van der Waals surface area contributed by atoms with Gasteiger partial charge in [-0.15, -0.1) is 0 Å². The molecule has 0 heterocycles. The van der Waals surface area contributed by atoms with E-state index in [0.717, 1.165) is 13.0 Å². The molecule has 4 N–H and O–H groups in total. The summed E-state index contributed by atoms with van der Waals surface area (Å²) in [5.74, 6) is 0. The fourth-order valence-electron chi connectivity index (χ4n) is 0.227. The minimum absolute atomic E-state index is 0. The Hall–Kier alpha value is -0.0297. The molecule has 0 aromatic heterocycles. The Bertz CT molecular complexity index is 89.5. The molecule has 1 radical (unpaired) electrons. The molecule has 4 nitrogen and oxygen atoms in total. The van der Waals surface area contributed by atoms with Gasteiger partial charge in [-0.1, -0.05) is 13.8 Å². The fraction of sp³-hybridized carbons (Fsp3) is 0.857. The second-order valence-electron chi connectivity index (χ2n) is 2.07. The molecule has 0 aromatic rings. The first kappa shape index (κ1) is 17.9. The van der Waals surface area contributed by atoms with E-state index in [4.69, 9.17) is 0 Å². The molecule has 0 saturated heterocycles. The zero-order valence-corrected chi connectivity index (χ0v) is 9.14. The molecule has 0 aliphatic rings. The Balaban J connectivity index is -0.000000142. The van der Waals surface area contributed by atoms with Crippen LogP contribution >= 0.6 is 0 Å². The van der Waals surface area contributed by atoms with E-state index in [2.05, 4.69) is 18.0 Å². The maximum atomic E-state index is 9.54. The van der Waals surface area contributed by atoms with E-state index in [1.165, 1.54) is 6.42 Å². The number of carbonyl (C=O) groups is 1. The number of rotatable bonds is 3. The van der Waals surface area contributed by atoms with Crippen LogP contribution in [0.2, 0.25) is 0 Å². The Labute approximate surface area is 89.4 Å². The summed E-state index contributed by atoms with van der Waals surface area (Å²) in [5.41, 5.74) is 3.60. The maximum Gasteiger partial charge on any atom is 0.134 e. The molecule has 0 fully saturated rings. The monoisotopic (exact) mass is 269 g/mol. The predicted octanol–water partition coefficient (Wildman–Crippen LogP) is -1.03. The first-order valence-corrected chi connectivity index (χ1v) is 3.93. The number of carboxylic acid groups (broad SMARTS) is 1. The summed E-state index contributed by atoms with van der Waals surface area (Å²) < 4.78 is 0. The van der Waals surface area contributed by atoms with Crippen LogP contribution in [0.15, 0.2) is 0 Å². The molecule has 0 aliphatic carbocycles. The van der Waals surface area contributed by atoms with Crippen molar-refractivity contribution in [2.75, 3.05) is 13.1 Å². The van der Waals surface area contributed by atoms with Gasteiger partial charge in [-0.05, 0) is 12.8 Å². The van der Waals surface area contributed by atoms with Crippen molar-refractivity contribution in [3.63, 3.8) is 0 Å². The molecule has 79 valence electrons. The minimum Gasteiger partial charge on any atom is -0.530 e. The van der Waals surface area contributed by atoms with Crippen LogP contribution in [0.1, 0.15) is 26.7 Å². The van der Waals surface area contributed by atoms with E-state index in [0.29, 0.717) is 6.54 Å². The van der Waals surface area contributed by atoms with Crippen molar-refractivity contribution in [2.45, 2.75) is 26.7 Å². The van der Waals surface area contributed by atoms with Crippen molar-refractivity contribution in [3.05, 3.63) is 0 Å². The Morgan fingerprint density at radius 3 is 1.92 bits per heavy atom. The van der Waals surface area contributed by atoms with Crippen molar-refractivity contribution in [2.24, 2.45) is 0 Å². The van der Waals surface area contributed by atoms with E-state index in [1.807, 2.05) is 6.92 Å². The average Bonchev–Trinajstić information content (AvgIpc) is 2.01. The molecular formula is C7H18AgN2O2. The van der Waals surface area contributed by atoms with Crippen LogP contribution in [0.4, 0.5) is 4.79 Å². The van der Waals surface area contributed by atoms with Crippen molar-refractivity contribution in [1.29, 1.82) is 0 Å². The predicted molar refractivity (Wildman–Crippen MR) is 41.7 cm³/mol. The quantitative estimate of drug-likeness (QED) is 0.643. The van der Waals surface area contributed by atoms with Crippen LogP contribution in [0.3, 0.4) is 0 Å². The zero-order valence-electron chi connectivity index (χ0n) is 7.65. The molecule has 1 amide bonds. The third-order valence-corrected chi connectivity index (χ3v) is 0.873. The molecule has 0 rings (SSSR count). The van der Waals surface area contributed by atoms with Gasteiger partial charge in [0.1, 0.15) is 6.09 Å². The molecule has 0 atom stereocenters. The average molecular weight is 270 g/mol. The summed E-state index contributed by atoms with van der Waals surface area (Å²) in [7, 11) is 0. The van der Waals surface area contributed by atoms with Gasteiger partial charge in [0, 0.05) is 28.9 Å². The largest absolute Gasteiger partial charge is 0.530 e. The van der Waals surface area contributed by atoms with Gasteiger partial charge in [-0.2, -0.15) is 0 Å². The van der Waals surface area contributed by atoms with Gasteiger partial charge in [0.05, 0.1) is 6.54 Å². The van der Waals surface area contributed by atoms with Gasteiger partial charge < -0.3 is 21.0 Å². The summed E-state index contributed by atoms with van der Waals surface area (Å²) in [5, 5.41) is 11.6. The zero-order chi connectivity index (χ0) is 9.11. The van der Waals surface area contributed by atoms with Gasteiger partial charge in [0.15, 0.2) is 0 Å². The summed E-state index contributed by atoms with van der Waals surface area (Å²) in [4.78, 5) is 9.54. The van der Waals surface area contributed by atoms with Crippen molar-refractivity contribution >= 4 is 6.09 Å². The molecule has 12 heavy (non-hydrogen) atoms. The summed E-state index contributed by atoms with van der Waals surface area (Å²) in [6.45, 7) is 5.56. The first-order chi connectivity index (χ1) is 5.18. The van der Waals surface area contributed by atoms with E-state index in [-0.39, 0.29) is 22.4 Å². The molecule has 0 aliphatic heterocycles. The SMILES string of the molecule is CCCNC(=O)[O-].CCC[NH3+].[Ag]. The molecular weight excluding hydrogens is 252 g/mol. The Kier molecular flexibility index (Phi) is 25.6. The minimum atomic E-state index is -1.19. The van der Waals surface area contributed by atoms with Crippen molar-refractivity contribution in [1.82, 2.24) is 5.32 Å². The van der Waals surface area contributed by atoms with E-state index >= 15 is 0 Å². The number of carbonyl (C=O) groups excluding carboxylic acids is 1. The van der Waals surface area contributed by atoms with Crippen LogP contribution in [0.5, 0.6) is 0 Å². The third-order valence-electron chi connectivity index (χ3n) is 0.873. The number of amides is 1. The van der Waals surface area contributed by atoms with Crippen molar-refractivity contribution in [3.8, 4) is 0 Å². The topological polar surface area (TPSA) is 79.8 Å². The molecule has 0 unspecified atom stereocenters. The van der Waals surface area contributed by atoms with Gasteiger partial charge in [-0.25, -0.2) is 0 Å². The van der Waals surface area contributed by atoms with Crippen LogP contribution in [0.25, 0.3) is 0 Å². The summed E-state index contributed by atoms with van der Waals surface area (Å²) in [6.07, 6.45) is 0.829. The smallest absolute Gasteiger partial charge is 0.134 e. The van der Waals surface area contributed by atoms with E-state index < -0.39 is 6.09 Å². The number of hydrogen-bond donors (Lipinski definition) is 2. The van der Waals surface area contributed by atoms with Gasteiger partial charge in [-0.3, -0.25) is 0 Å². The number of nitrogens with one attached hydrogen (secondary N) is 1. The Morgan fingerprint density at radius 1 is 1.42 bits per heavy atom. The van der Waals surface area contributed by atoms with Crippen LogP contribution in [0, 0.1) is 0 Å². The normalized spacial score (nSPS) is 7.25.